The van der Waals surface area contributed by atoms with E-state index in [1.807, 2.05) is 25.1 Å². The van der Waals surface area contributed by atoms with E-state index >= 15 is 0 Å². The van der Waals surface area contributed by atoms with Crippen LogP contribution in [0, 0.1) is 5.92 Å². The minimum absolute atomic E-state index is 0.214. The summed E-state index contributed by atoms with van der Waals surface area (Å²) in [5.74, 6) is -0.850. The first-order valence-corrected chi connectivity index (χ1v) is 11.6. The van der Waals surface area contributed by atoms with Crippen molar-refractivity contribution in [3.05, 3.63) is 48.0 Å². The largest absolute Gasteiger partial charge is 0.369 e. The summed E-state index contributed by atoms with van der Waals surface area (Å²) in [6.07, 6.45) is 1.84. The number of amides is 2. The molecule has 8 heteroatoms. The number of primary amides is 1. The number of nitrogens with two attached hydrogens (primary N) is 1. The number of likely N-dealkylation sites (tertiary alicyclic amines) is 1. The first kappa shape index (κ1) is 20.4. The standard InChI is InChI=1S/C22H25N3O4S/c1-2-15-7-8-19-18(13-15)17-5-3-4-6-20(17)30(28,29)25(19)14-21(26)24-11-9-16(10-12-24)22(23)27/h3-8,13,16H,2,9-12,14H2,1H3,(H2,23,27). The molecule has 2 aliphatic heterocycles. The molecule has 1 fully saturated rings. The predicted molar refractivity (Wildman–Crippen MR) is 114 cm³/mol. The quantitative estimate of drug-likeness (QED) is 0.808. The van der Waals surface area contributed by atoms with E-state index in [9.17, 15) is 18.0 Å². The summed E-state index contributed by atoms with van der Waals surface area (Å²) in [6.45, 7) is 2.58. The Morgan fingerprint density at radius 2 is 1.77 bits per heavy atom. The average molecular weight is 428 g/mol. The van der Waals surface area contributed by atoms with Crippen molar-refractivity contribution in [2.45, 2.75) is 31.1 Å². The molecule has 0 aliphatic carbocycles. The molecule has 0 spiro atoms. The Morgan fingerprint density at radius 1 is 1.07 bits per heavy atom. The van der Waals surface area contributed by atoms with E-state index in [0.717, 1.165) is 17.5 Å². The molecule has 0 bridgehead atoms. The first-order valence-electron chi connectivity index (χ1n) is 10.1. The maximum absolute atomic E-state index is 13.4. The highest BCUT2D eigenvalue weighted by atomic mass is 32.2. The summed E-state index contributed by atoms with van der Waals surface area (Å²) in [6, 6.07) is 12.6. The van der Waals surface area contributed by atoms with Crippen LogP contribution in [0.1, 0.15) is 25.3 Å². The molecular formula is C22H25N3O4S. The van der Waals surface area contributed by atoms with Gasteiger partial charge in [-0.15, -0.1) is 0 Å². The third-order valence-corrected chi connectivity index (χ3v) is 7.83. The maximum Gasteiger partial charge on any atom is 0.265 e. The van der Waals surface area contributed by atoms with Gasteiger partial charge in [0.2, 0.25) is 11.8 Å². The van der Waals surface area contributed by atoms with Gasteiger partial charge in [0.1, 0.15) is 6.54 Å². The van der Waals surface area contributed by atoms with Gasteiger partial charge < -0.3 is 10.6 Å². The van der Waals surface area contributed by atoms with E-state index < -0.39 is 10.0 Å². The minimum atomic E-state index is -3.86. The molecule has 0 radical (unpaired) electrons. The number of hydrogen-bond donors (Lipinski definition) is 1. The fourth-order valence-electron chi connectivity index (χ4n) is 4.21. The van der Waals surface area contributed by atoms with E-state index in [-0.39, 0.29) is 29.2 Å². The van der Waals surface area contributed by atoms with Gasteiger partial charge in [-0.1, -0.05) is 31.2 Å². The molecule has 2 heterocycles. The van der Waals surface area contributed by atoms with Crippen LogP contribution < -0.4 is 10.0 Å². The Bertz CT molecular complexity index is 1110. The van der Waals surface area contributed by atoms with Gasteiger partial charge in [-0.3, -0.25) is 13.9 Å². The van der Waals surface area contributed by atoms with E-state index in [2.05, 4.69) is 0 Å². The Labute approximate surface area is 176 Å². The zero-order valence-electron chi connectivity index (χ0n) is 16.9. The van der Waals surface area contributed by atoms with Crippen molar-refractivity contribution in [3.8, 4) is 11.1 Å². The van der Waals surface area contributed by atoms with E-state index in [0.29, 0.717) is 37.2 Å². The van der Waals surface area contributed by atoms with Gasteiger partial charge in [-0.25, -0.2) is 8.42 Å². The molecule has 0 unspecified atom stereocenters. The van der Waals surface area contributed by atoms with Gasteiger partial charge in [-0.05, 0) is 43.0 Å². The van der Waals surface area contributed by atoms with Crippen LogP contribution in [0.2, 0.25) is 0 Å². The van der Waals surface area contributed by atoms with Crippen LogP contribution in [0.25, 0.3) is 11.1 Å². The lowest BCUT2D eigenvalue weighted by molar-refractivity contribution is -0.133. The SMILES string of the molecule is CCc1ccc2c(c1)-c1ccccc1S(=O)(=O)N2CC(=O)N1CCC(C(N)=O)CC1. The topological polar surface area (TPSA) is 101 Å². The number of sulfonamides is 1. The Kier molecular flexibility index (Phi) is 5.27. The van der Waals surface area contributed by atoms with E-state index in [1.54, 1.807) is 29.2 Å². The third kappa shape index (κ3) is 3.45. The lowest BCUT2D eigenvalue weighted by atomic mass is 9.96. The zero-order chi connectivity index (χ0) is 21.5. The van der Waals surface area contributed by atoms with Gasteiger partial charge in [0.05, 0.1) is 10.6 Å². The van der Waals surface area contributed by atoms with E-state index in [4.69, 9.17) is 5.73 Å². The number of anilines is 1. The smallest absolute Gasteiger partial charge is 0.265 e. The summed E-state index contributed by atoms with van der Waals surface area (Å²) in [7, 11) is -3.86. The summed E-state index contributed by atoms with van der Waals surface area (Å²) < 4.78 is 28.0. The number of rotatable bonds is 4. The van der Waals surface area contributed by atoms with Crippen LogP contribution in [0.3, 0.4) is 0 Å². The van der Waals surface area contributed by atoms with E-state index in [1.165, 1.54) is 4.31 Å². The molecule has 0 saturated carbocycles. The molecule has 2 N–H and O–H groups in total. The predicted octanol–water partition coefficient (Wildman–Crippen LogP) is 2.15. The summed E-state index contributed by atoms with van der Waals surface area (Å²) in [5, 5.41) is 0. The fourth-order valence-corrected chi connectivity index (χ4v) is 5.85. The second-order valence-corrected chi connectivity index (χ2v) is 9.60. The molecule has 7 nitrogen and oxygen atoms in total. The average Bonchev–Trinajstić information content (AvgIpc) is 2.76. The molecule has 0 aromatic heterocycles. The molecule has 1 saturated heterocycles. The number of carbonyl (C=O) groups excluding carboxylic acids is 2. The van der Waals surface area contributed by atoms with Crippen molar-refractivity contribution in [2.24, 2.45) is 11.7 Å². The van der Waals surface area contributed by atoms with Crippen molar-refractivity contribution in [3.63, 3.8) is 0 Å². The third-order valence-electron chi connectivity index (χ3n) is 6.01. The van der Waals surface area contributed by atoms with Crippen LogP contribution in [0.15, 0.2) is 47.4 Å². The molecule has 158 valence electrons. The first-order chi connectivity index (χ1) is 14.3. The van der Waals surface area contributed by atoms with Crippen LogP contribution in [-0.2, 0) is 26.0 Å². The minimum Gasteiger partial charge on any atom is -0.369 e. The maximum atomic E-state index is 13.4. The lowest BCUT2D eigenvalue weighted by Gasteiger charge is -2.35. The van der Waals surface area contributed by atoms with Gasteiger partial charge in [0, 0.05) is 30.1 Å². The number of hydrogen-bond acceptors (Lipinski definition) is 4. The molecule has 2 aromatic rings. The molecule has 2 aliphatic rings. The Morgan fingerprint density at radius 3 is 2.43 bits per heavy atom. The van der Waals surface area contributed by atoms with Gasteiger partial charge in [-0.2, -0.15) is 0 Å². The second kappa shape index (κ2) is 7.75. The van der Waals surface area contributed by atoms with Crippen LogP contribution in [0.4, 0.5) is 5.69 Å². The normalized spacial score (nSPS) is 17.9. The van der Waals surface area contributed by atoms with Crippen LogP contribution in [0.5, 0.6) is 0 Å². The molecule has 0 atom stereocenters. The van der Waals surface area contributed by atoms with Crippen LogP contribution in [-0.4, -0.2) is 44.8 Å². The summed E-state index contributed by atoms with van der Waals surface area (Å²) in [5.41, 5.74) is 8.47. The highest BCUT2D eigenvalue weighted by Crippen LogP contribution is 2.43. The lowest BCUT2D eigenvalue weighted by Crippen LogP contribution is -2.47. The Balaban J connectivity index is 1.67. The number of nitrogens with zero attached hydrogens (tertiary/aromatic N) is 2. The number of aryl methyl sites for hydroxylation is 1. The molecule has 2 amide bonds. The van der Waals surface area contributed by atoms with Crippen LogP contribution >= 0.6 is 0 Å². The number of carbonyl (C=O) groups is 2. The molecule has 2 aromatic carbocycles. The summed E-state index contributed by atoms with van der Waals surface area (Å²) in [4.78, 5) is 26.2. The van der Waals surface area contributed by atoms with Gasteiger partial charge in [0.25, 0.3) is 10.0 Å². The summed E-state index contributed by atoms with van der Waals surface area (Å²) >= 11 is 0. The highest BCUT2D eigenvalue weighted by molar-refractivity contribution is 7.93. The fraction of sp³-hybridized carbons (Fsp3) is 0.364. The highest BCUT2D eigenvalue weighted by Gasteiger charge is 2.37. The van der Waals surface area contributed by atoms with Crippen molar-refractivity contribution < 1.29 is 18.0 Å². The van der Waals surface area contributed by atoms with Crippen molar-refractivity contribution in [2.75, 3.05) is 23.9 Å². The molecular weight excluding hydrogens is 402 g/mol. The number of piperidine rings is 1. The molecule has 4 rings (SSSR count). The zero-order valence-corrected chi connectivity index (χ0v) is 17.7. The van der Waals surface area contributed by atoms with Gasteiger partial charge in [0.15, 0.2) is 0 Å². The monoisotopic (exact) mass is 427 g/mol. The van der Waals surface area contributed by atoms with Crippen molar-refractivity contribution >= 4 is 27.5 Å². The Hall–Kier alpha value is -2.87. The number of benzene rings is 2. The molecule has 30 heavy (non-hydrogen) atoms. The van der Waals surface area contributed by atoms with Gasteiger partial charge >= 0.3 is 0 Å². The number of fused-ring (bicyclic) bond motifs is 3. The second-order valence-electron chi connectivity index (χ2n) is 7.77. The van der Waals surface area contributed by atoms with Crippen molar-refractivity contribution in [1.29, 1.82) is 0 Å². The van der Waals surface area contributed by atoms with Crippen molar-refractivity contribution in [1.82, 2.24) is 4.90 Å².